The van der Waals surface area contributed by atoms with Gasteiger partial charge in [0, 0.05) is 24.2 Å². The van der Waals surface area contributed by atoms with Crippen LogP contribution < -0.4 is 9.47 Å². The summed E-state index contributed by atoms with van der Waals surface area (Å²) in [6, 6.07) is 6.02. The maximum absolute atomic E-state index is 12.8. The average molecular weight is 372 g/mol. The highest BCUT2D eigenvalue weighted by atomic mass is 16.5. The van der Waals surface area contributed by atoms with E-state index in [9.17, 15) is 9.59 Å². The number of carbonyl (C=O) groups excluding carboxylic acids is 2. The number of amides is 2. The number of likely N-dealkylation sites (tertiary alicyclic amines) is 2. The summed E-state index contributed by atoms with van der Waals surface area (Å²) in [5.41, 5.74) is 1.09. The quantitative estimate of drug-likeness (QED) is 0.744. The van der Waals surface area contributed by atoms with Crippen molar-refractivity contribution >= 4 is 11.8 Å². The van der Waals surface area contributed by atoms with Crippen molar-refractivity contribution in [1.82, 2.24) is 9.80 Å². The van der Waals surface area contributed by atoms with E-state index in [1.165, 1.54) is 4.90 Å². The Labute approximate surface area is 160 Å². The third kappa shape index (κ3) is 3.20. The van der Waals surface area contributed by atoms with E-state index in [-0.39, 0.29) is 29.7 Å². The van der Waals surface area contributed by atoms with Gasteiger partial charge in [-0.25, -0.2) is 0 Å². The Morgan fingerprint density at radius 3 is 2.30 bits per heavy atom. The van der Waals surface area contributed by atoms with Gasteiger partial charge in [-0.15, -0.1) is 0 Å². The molecule has 3 aliphatic rings. The van der Waals surface area contributed by atoms with Crippen LogP contribution >= 0.6 is 0 Å². The summed E-state index contributed by atoms with van der Waals surface area (Å²) in [7, 11) is 3.30. The van der Waals surface area contributed by atoms with Crippen LogP contribution in [0.2, 0.25) is 0 Å². The van der Waals surface area contributed by atoms with Crippen LogP contribution in [0.3, 0.4) is 0 Å². The molecule has 1 saturated carbocycles. The predicted molar refractivity (Wildman–Crippen MR) is 100 cm³/mol. The van der Waals surface area contributed by atoms with Crippen molar-refractivity contribution in [1.29, 1.82) is 0 Å². The molecule has 1 aromatic rings. The van der Waals surface area contributed by atoms with Gasteiger partial charge < -0.3 is 9.47 Å². The molecule has 2 heterocycles. The van der Waals surface area contributed by atoms with Crippen LogP contribution in [-0.4, -0.2) is 49.0 Å². The minimum absolute atomic E-state index is 0.0389. The lowest BCUT2D eigenvalue weighted by Crippen LogP contribution is -2.41. The fourth-order valence-electron chi connectivity index (χ4n) is 4.99. The first-order valence-corrected chi connectivity index (χ1v) is 9.95. The van der Waals surface area contributed by atoms with E-state index >= 15 is 0 Å². The smallest absolute Gasteiger partial charge is 0.234 e. The topological polar surface area (TPSA) is 59.1 Å². The minimum Gasteiger partial charge on any atom is -0.497 e. The van der Waals surface area contributed by atoms with E-state index in [1.807, 2.05) is 18.2 Å². The van der Waals surface area contributed by atoms with Gasteiger partial charge in [0.25, 0.3) is 0 Å². The zero-order valence-corrected chi connectivity index (χ0v) is 16.1. The maximum Gasteiger partial charge on any atom is 0.234 e. The molecule has 0 radical (unpaired) electrons. The Balaban J connectivity index is 1.54. The first-order chi connectivity index (χ1) is 13.1. The number of hydrogen-bond acceptors (Lipinski definition) is 5. The largest absolute Gasteiger partial charge is 0.497 e. The number of imide groups is 1. The van der Waals surface area contributed by atoms with Gasteiger partial charge in [-0.05, 0) is 31.7 Å². The summed E-state index contributed by atoms with van der Waals surface area (Å²) in [5, 5.41) is 0. The normalized spacial score (nSPS) is 28.5. The highest BCUT2D eigenvalue weighted by Gasteiger charge is 2.49. The molecule has 3 atom stereocenters. The molecule has 0 bridgehead atoms. The molecule has 1 aromatic carbocycles. The summed E-state index contributed by atoms with van der Waals surface area (Å²) in [4.78, 5) is 29.4. The molecule has 2 saturated heterocycles. The third-order valence-electron chi connectivity index (χ3n) is 6.42. The summed E-state index contributed by atoms with van der Waals surface area (Å²) in [6.45, 7) is 1.27. The molecule has 3 fully saturated rings. The van der Waals surface area contributed by atoms with Gasteiger partial charge in [0.05, 0.1) is 32.7 Å². The first kappa shape index (κ1) is 18.3. The second kappa shape index (κ2) is 7.50. The van der Waals surface area contributed by atoms with Crippen LogP contribution in [0, 0.1) is 11.8 Å². The molecule has 4 rings (SSSR count). The molecule has 2 amide bonds. The lowest BCUT2D eigenvalue weighted by atomic mass is 9.81. The molecule has 6 heteroatoms. The molecule has 146 valence electrons. The van der Waals surface area contributed by atoms with Gasteiger partial charge in [-0.2, -0.15) is 0 Å². The summed E-state index contributed by atoms with van der Waals surface area (Å²) < 4.78 is 10.9. The van der Waals surface area contributed by atoms with Crippen LogP contribution in [-0.2, 0) is 9.59 Å². The van der Waals surface area contributed by atoms with Gasteiger partial charge in [0.2, 0.25) is 11.8 Å². The number of methoxy groups -OCH3 is 2. The monoisotopic (exact) mass is 372 g/mol. The number of carbonyl (C=O) groups is 2. The van der Waals surface area contributed by atoms with E-state index in [0.29, 0.717) is 6.67 Å². The van der Waals surface area contributed by atoms with E-state index in [0.717, 1.165) is 62.1 Å². The number of fused-ring (bicyclic) bond motifs is 1. The molecule has 2 aliphatic heterocycles. The fraction of sp³-hybridized carbons (Fsp3) is 0.619. The second-order valence-corrected chi connectivity index (χ2v) is 7.82. The minimum atomic E-state index is -0.0807. The van der Waals surface area contributed by atoms with E-state index in [2.05, 4.69) is 4.90 Å². The Hall–Kier alpha value is -2.08. The van der Waals surface area contributed by atoms with Crippen molar-refractivity contribution in [3.05, 3.63) is 23.8 Å². The molecule has 0 aromatic heterocycles. The Bertz CT molecular complexity index is 711. The van der Waals surface area contributed by atoms with Crippen LogP contribution in [0.1, 0.15) is 50.1 Å². The summed E-state index contributed by atoms with van der Waals surface area (Å²) >= 11 is 0. The molecule has 27 heavy (non-hydrogen) atoms. The maximum atomic E-state index is 12.8. The lowest BCUT2D eigenvalue weighted by Gasteiger charge is -2.29. The van der Waals surface area contributed by atoms with E-state index in [4.69, 9.17) is 9.47 Å². The number of ether oxygens (including phenoxy) is 2. The van der Waals surface area contributed by atoms with Crippen LogP contribution in [0.15, 0.2) is 18.2 Å². The standard InChI is InChI=1S/C21H28N2O4/c1-26-14-9-10-17(19(12-14)27-2)18-8-5-11-22(18)13-23-20(24)15-6-3-4-7-16(15)21(23)25/h9-10,12,15-16,18H,3-8,11,13H2,1-2H3/t15-,16+,18-/m0/s1. The van der Waals surface area contributed by atoms with Gasteiger partial charge in [-0.1, -0.05) is 18.9 Å². The van der Waals surface area contributed by atoms with Crippen LogP contribution in [0.5, 0.6) is 11.5 Å². The molecule has 6 nitrogen and oxygen atoms in total. The molecule has 1 aliphatic carbocycles. The number of hydrogen-bond donors (Lipinski definition) is 0. The average Bonchev–Trinajstić information content (AvgIpc) is 3.26. The molecule has 0 spiro atoms. The van der Waals surface area contributed by atoms with Crippen molar-refractivity contribution in [2.45, 2.75) is 44.6 Å². The third-order valence-corrected chi connectivity index (χ3v) is 6.42. The van der Waals surface area contributed by atoms with Gasteiger partial charge in [-0.3, -0.25) is 19.4 Å². The number of nitrogens with zero attached hydrogens (tertiary/aromatic N) is 2. The molecular formula is C21H28N2O4. The molecule has 0 N–H and O–H groups in total. The lowest BCUT2D eigenvalue weighted by molar-refractivity contribution is -0.142. The second-order valence-electron chi connectivity index (χ2n) is 7.82. The van der Waals surface area contributed by atoms with Gasteiger partial charge in [0.1, 0.15) is 11.5 Å². The Morgan fingerprint density at radius 2 is 1.67 bits per heavy atom. The molecule has 0 unspecified atom stereocenters. The molecular weight excluding hydrogens is 344 g/mol. The Kier molecular flexibility index (Phi) is 5.08. The van der Waals surface area contributed by atoms with Crippen LogP contribution in [0.4, 0.5) is 0 Å². The van der Waals surface area contributed by atoms with Crippen molar-refractivity contribution in [2.24, 2.45) is 11.8 Å². The summed E-state index contributed by atoms with van der Waals surface area (Å²) in [5.74, 6) is 1.47. The number of rotatable bonds is 5. The summed E-state index contributed by atoms with van der Waals surface area (Å²) in [6.07, 6.45) is 5.88. The fourth-order valence-corrected chi connectivity index (χ4v) is 4.99. The zero-order valence-electron chi connectivity index (χ0n) is 16.1. The van der Waals surface area contributed by atoms with Gasteiger partial charge in [0.15, 0.2) is 0 Å². The van der Waals surface area contributed by atoms with Crippen molar-refractivity contribution in [2.75, 3.05) is 27.4 Å². The SMILES string of the molecule is COc1ccc([C@@H]2CCCN2CN2C(=O)[C@H]3CCCC[C@H]3C2=O)c(OC)c1. The van der Waals surface area contributed by atoms with Crippen molar-refractivity contribution < 1.29 is 19.1 Å². The predicted octanol–water partition coefficient (Wildman–Crippen LogP) is 2.97. The van der Waals surface area contributed by atoms with Crippen molar-refractivity contribution in [3.63, 3.8) is 0 Å². The number of benzene rings is 1. The van der Waals surface area contributed by atoms with E-state index < -0.39 is 0 Å². The van der Waals surface area contributed by atoms with Gasteiger partial charge >= 0.3 is 0 Å². The van der Waals surface area contributed by atoms with Crippen molar-refractivity contribution in [3.8, 4) is 11.5 Å². The van der Waals surface area contributed by atoms with Crippen LogP contribution in [0.25, 0.3) is 0 Å². The Morgan fingerprint density at radius 1 is 0.963 bits per heavy atom. The first-order valence-electron chi connectivity index (χ1n) is 9.95. The van der Waals surface area contributed by atoms with E-state index in [1.54, 1.807) is 14.2 Å². The highest BCUT2D eigenvalue weighted by molar-refractivity contribution is 6.05. The highest BCUT2D eigenvalue weighted by Crippen LogP contribution is 2.41. The zero-order chi connectivity index (χ0) is 19.0.